The highest BCUT2D eigenvalue weighted by Crippen LogP contribution is 2.38. The smallest absolute Gasteiger partial charge is 0.261 e. The number of halogens is 1. The molecule has 0 saturated carbocycles. The Balaban J connectivity index is 1.04. The second-order valence-corrected chi connectivity index (χ2v) is 9.65. The summed E-state index contributed by atoms with van der Waals surface area (Å²) in [6.07, 6.45) is 1.98. The first-order valence-electron chi connectivity index (χ1n) is 11.6. The van der Waals surface area contributed by atoms with Gasteiger partial charge in [0.2, 0.25) is 0 Å². The van der Waals surface area contributed by atoms with Gasteiger partial charge in [0.15, 0.2) is 0 Å². The fourth-order valence-corrected chi connectivity index (χ4v) is 5.60. The number of benzene rings is 2. The molecule has 0 radical (unpaired) electrons. The number of anilines is 3. The average Bonchev–Trinajstić information content (AvgIpc) is 3.50. The third-order valence-corrected chi connectivity index (χ3v) is 7.58. The van der Waals surface area contributed by atoms with Gasteiger partial charge in [-0.15, -0.1) is 11.3 Å². The maximum absolute atomic E-state index is 13.1. The van der Waals surface area contributed by atoms with Gasteiger partial charge in [-0.05, 0) is 67.4 Å². The first-order valence-corrected chi connectivity index (χ1v) is 12.5. The molecule has 2 aliphatic rings. The fourth-order valence-electron chi connectivity index (χ4n) is 4.64. The lowest BCUT2D eigenvalue weighted by molar-refractivity contribution is 0.0955. The van der Waals surface area contributed by atoms with Crippen molar-refractivity contribution in [3.63, 3.8) is 0 Å². The zero-order valence-electron chi connectivity index (χ0n) is 18.7. The Morgan fingerprint density at radius 2 is 1.73 bits per heavy atom. The molecular formula is C26H29FN4OS. The fraction of sp³-hybridized carbons (Fsp3) is 0.346. The molecule has 2 aromatic carbocycles. The maximum atomic E-state index is 13.1. The molecule has 1 aromatic heterocycles. The van der Waals surface area contributed by atoms with Gasteiger partial charge in [-0.3, -0.25) is 9.69 Å². The zero-order valence-corrected chi connectivity index (χ0v) is 19.5. The number of hydrogen-bond donors (Lipinski definition) is 1. The number of nitrogens with zero attached hydrogens (tertiary/aromatic N) is 3. The largest absolute Gasteiger partial charge is 0.369 e. The predicted octanol–water partition coefficient (Wildman–Crippen LogP) is 4.52. The number of para-hydroxylation sites is 1. The molecule has 1 amide bonds. The summed E-state index contributed by atoms with van der Waals surface area (Å²) >= 11 is 1.56. The second kappa shape index (κ2) is 9.93. The highest BCUT2D eigenvalue weighted by Gasteiger charge is 2.22. The summed E-state index contributed by atoms with van der Waals surface area (Å²) in [6, 6.07) is 19.2. The molecule has 2 aliphatic heterocycles. The second-order valence-electron chi connectivity index (χ2n) is 8.58. The van der Waals surface area contributed by atoms with Gasteiger partial charge in [0, 0.05) is 50.6 Å². The lowest BCUT2D eigenvalue weighted by Crippen LogP contribution is -2.47. The van der Waals surface area contributed by atoms with Crippen molar-refractivity contribution in [2.75, 3.05) is 55.6 Å². The van der Waals surface area contributed by atoms with Gasteiger partial charge in [-0.1, -0.05) is 18.2 Å². The molecule has 1 saturated heterocycles. The van der Waals surface area contributed by atoms with E-state index in [4.69, 9.17) is 0 Å². The molecule has 0 atom stereocenters. The Hall–Kier alpha value is -2.90. The van der Waals surface area contributed by atoms with Gasteiger partial charge in [0.1, 0.15) is 5.82 Å². The van der Waals surface area contributed by atoms with E-state index in [1.165, 1.54) is 23.4 Å². The standard InChI is InChI=1S/C26H29FN4OS/c27-21-6-8-22(9-7-21)30-18-16-29(17-19-30)14-3-13-28-26(32)24-10-11-25(33-24)31-15-12-20-4-1-2-5-23(20)31/h1-2,4-11H,3,12-19H2,(H,28,32). The molecule has 3 aromatic rings. The van der Waals surface area contributed by atoms with E-state index >= 15 is 0 Å². The zero-order chi connectivity index (χ0) is 22.6. The molecule has 7 heteroatoms. The molecule has 3 heterocycles. The molecule has 33 heavy (non-hydrogen) atoms. The number of thiophene rings is 1. The van der Waals surface area contributed by atoms with Crippen LogP contribution in [0.5, 0.6) is 0 Å². The van der Waals surface area contributed by atoms with E-state index in [0.29, 0.717) is 6.54 Å². The molecule has 5 nitrogen and oxygen atoms in total. The molecule has 1 N–H and O–H groups in total. The van der Waals surface area contributed by atoms with E-state index in [9.17, 15) is 9.18 Å². The average molecular weight is 465 g/mol. The van der Waals surface area contributed by atoms with Crippen LogP contribution in [0.1, 0.15) is 21.7 Å². The van der Waals surface area contributed by atoms with Gasteiger partial charge in [-0.25, -0.2) is 4.39 Å². The molecule has 1 fully saturated rings. The van der Waals surface area contributed by atoms with Gasteiger partial charge in [0.25, 0.3) is 5.91 Å². The monoisotopic (exact) mass is 464 g/mol. The van der Waals surface area contributed by atoms with E-state index in [0.717, 1.165) is 67.7 Å². The summed E-state index contributed by atoms with van der Waals surface area (Å²) in [7, 11) is 0. The number of piperazine rings is 1. The Morgan fingerprint density at radius 3 is 2.55 bits per heavy atom. The van der Waals surface area contributed by atoms with Crippen molar-refractivity contribution in [2.24, 2.45) is 0 Å². The van der Waals surface area contributed by atoms with Crippen molar-refractivity contribution in [3.8, 4) is 0 Å². The van der Waals surface area contributed by atoms with Crippen molar-refractivity contribution in [1.29, 1.82) is 0 Å². The van der Waals surface area contributed by atoms with Crippen LogP contribution in [0.3, 0.4) is 0 Å². The minimum atomic E-state index is -0.195. The molecule has 5 rings (SSSR count). The van der Waals surface area contributed by atoms with Crippen LogP contribution in [-0.2, 0) is 6.42 Å². The lowest BCUT2D eigenvalue weighted by atomic mass is 10.2. The number of carbonyl (C=O) groups excluding carboxylic acids is 1. The number of fused-ring (bicyclic) bond motifs is 1. The van der Waals surface area contributed by atoms with E-state index in [1.54, 1.807) is 11.3 Å². The minimum absolute atomic E-state index is 0.0138. The van der Waals surface area contributed by atoms with Gasteiger partial charge in [0.05, 0.1) is 9.88 Å². The van der Waals surface area contributed by atoms with Gasteiger partial charge >= 0.3 is 0 Å². The predicted molar refractivity (Wildman–Crippen MR) is 133 cm³/mol. The number of carbonyl (C=O) groups is 1. The van der Waals surface area contributed by atoms with Crippen LogP contribution in [-0.4, -0.2) is 56.6 Å². The first kappa shape index (κ1) is 21.9. The van der Waals surface area contributed by atoms with Crippen molar-refractivity contribution in [3.05, 3.63) is 76.9 Å². The Kier molecular flexibility index (Phi) is 6.60. The molecule has 0 aliphatic carbocycles. The summed E-state index contributed by atoms with van der Waals surface area (Å²) in [5, 5.41) is 4.21. The molecule has 0 bridgehead atoms. The van der Waals surface area contributed by atoms with Crippen LogP contribution >= 0.6 is 11.3 Å². The van der Waals surface area contributed by atoms with Crippen LogP contribution in [0, 0.1) is 5.82 Å². The van der Waals surface area contributed by atoms with Crippen LogP contribution in [0.2, 0.25) is 0 Å². The van der Waals surface area contributed by atoms with Crippen molar-refractivity contribution in [1.82, 2.24) is 10.2 Å². The SMILES string of the molecule is O=C(NCCCN1CCN(c2ccc(F)cc2)CC1)c1ccc(N2CCc3ccccc32)s1. The van der Waals surface area contributed by atoms with E-state index in [-0.39, 0.29) is 11.7 Å². The summed E-state index contributed by atoms with van der Waals surface area (Å²) in [6.45, 7) is 6.46. The number of nitrogens with one attached hydrogen (secondary N) is 1. The van der Waals surface area contributed by atoms with Gasteiger partial charge in [-0.2, -0.15) is 0 Å². The van der Waals surface area contributed by atoms with Crippen LogP contribution in [0.15, 0.2) is 60.7 Å². The Morgan fingerprint density at radius 1 is 0.939 bits per heavy atom. The highest BCUT2D eigenvalue weighted by molar-refractivity contribution is 7.18. The number of rotatable bonds is 7. The van der Waals surface area contributed by atoms with Crippen molar-refractivity contribution >= 4 is 33.6 Å². The third kappa shape index (κ3) is 5.04. The number of hydrogen-bond acceptors (Lipinski definition) is 5. The van der Waals surface area contributed by atoms with Crippen LogP contribution < -0.4 is 15.1 Å². The summed E-state index contributed by atoms with van der Waals surface area (Å²) in [4.78, 5) is 20.4. The minimum Gasteiger partial charge on any atom is -0.369 e. The Labute approximate surface area is 198 Å². The third-order valence-electron chi connectivity index (χ3n) is 6.47. The molecular weight excluding hydrogens is 435 g/mol. The lowest BCUT2D eigenvalue weighted by Gasteiger charge is -2.36. The summed E-state index contributed by atoms with van der Waals surface area (Å²) in [5.41, 5.74) is 3.71. The van der Waals surface area contributed by atoms with Crippen molar-refractivity contribution in [2.45, 2.75) is 12.8 Å². The van der Waals surface area contributed by atoms with E-state index < -0.39 is 0 Å². The summed E-state index contributed by atoms with van der Waals surface area (Å²) in [5.74, 6) is -0.181. The normalized spacial score (nSPS) is 16.2. The number of amides is 1. The quantitative estimate of drug-likeness (QED) is 0.522. The molecule has 0 spiro atoms. The topological polar surface area (TPSA) is 38.8 Å². The molecule has 172 valence electrons. The molecule has 0 unspecified atom stereocenters. The van der Waals surface area contributed by atoms with Crippen molar-refractivity contribution < 1.29 is 9.18 Å². The first-order chi connectivity index (χ1) is 16.2. The van der Waals surface area contributed by atoms with Gasteiger partial charge < -0.3 is 15.1 Å². The maximum Gasteiger partial charge on any atom is 0.261 e. The van der Waals surface area contributed by atoms with E-state index in [1.807, 2.05) is 18.2 Å². The van der Waals surface area contributed by atoms with E-state index in [2.05, 4.69) is 50.3 Å². The van der Waals surface area contributed by atoms with Crippen LogP contribution in [0.25, 0.3) is 0 Å². The Bertz CT molecular complexity index is 1090. The summed E-state index contributed by atoms with van der Waals surface area (Å²) < 4.78 is 13.1. The highest BCUT2D eigenvalue weighted by atomic mass is 32.1. The van der Waals surface area contributed by atoms with Crippen LogP contribution in [0.4, 0.5) is 20.8 Å².